The summed E-state index contributed by atoms with van der Waals surface area (Å²) in [4.78, 5) is 8.69. The molecule has 0 radical (unpaired) electrons. The number of imidazole rings is 1. The van der Waals surface area contributed by atoms with Crippen molar-refractivity contribution in [1.29, 1.82) is 0 Å². The van der Waals surface area contributed by atoms with Gasteiger partial charge in [-0.1, -0.05) is 0 Å². The van der Waals surface area contributed by atoms with Crippen LogP contribution in [0.25, 0.3) is 4.96 Å². The Bertz CT molecular complexity index is 818. The van der Waals surface area contributed by atoms with Crippen molar-refractivity contribution in [3.63, 3.8) is 0 Å². The number of rotatable bonds is 5. The number of nitrogens with zero attached hydrogens (tertiary/aromatic N) is 4. The van der Waals surface area contributed by atoms with Crippen molar-refractivity contribution in [3.8, 4) is 0 Å². The molecule has 0 aliphatic carbocycles. The van der Waals surface area contributed by atoms with Gasteiger partial charge in [0.2, 0.25) is 0 Å². The number of aromatic nitrogens is 5. The van der Waals surface area contributed by atoms with E-state index in [9.17, 15) is 8.42 Å². The molecule has 0 saturated carbocycles. The minimum absolute atomic E-state index is 0.0306. The van der Waals surface area contributed by atoms with E-state index in [1.54, 1.807) is 18.6 Å². The summed E-state index contributed by atoms with van der Waals surface area (Å²) >= 11 is 1.36. The van der Waals surface area contributed by atoms with Crippen LogP contribution in [-0.2, 0) is 16.6 Å². The quantitative estimate of drug-likeness (QED) is 0.612. The number of H-pyrrole nitrogens is 1. The first-order valence-electron chi connectivity index (χ1n) is 5.59. The van der Waals surface area contributed by atoms with Crippen LogP contribution in [0.2, 0.25) is 0 Å². The van der Waals surface area contributed by atoms with E-state index < -0.39 is 10.0 Å². The van der Waals surface area contributed by atoms with Crippen LogP contribution in [0.3, 0.4) is 0 Å². The molecule has 106 valence electrons. The van der Waals surface area contributed by atoms with Gasteiger partial charge in [-0.15, -0.1) is 11.3 Å². The van der Waals surface area contributed by atoms with Crippen LogP contribution >= 0.6 is 11.3 Å². The first-order chi connectivity index (χ1) is 9.62. The van der Waals surface area contributed by atoms with Gasteiger partial charge < -0.3 is 5.32 Å². The molecule has 0 aliphatic heterocycles. The van der Waals surface area contributed by atoms with Crippen LogP contribution in [0, 0.1) is 0 Å². The predicted molar refractivity (Wildman–Crippen MR) is 73.0 cm³/mol. The lowest BCUT2D eigenvalue weighted by Crippen LogP contribution is -2.25. The third-order valence-corrected chi connectivity index (χ3v) is 4.78. The number of sulfonamides is 1. The highest BCUT2D eigenvalue weighted by molar-refractivity contribution is 7.89. The third-order valence-electron chi connectivity index (χ3n) is 2.60. The van der Waals surface area contributed by atoms with Crippen molar-refractivity contribution >= 4 is 32.1 Å². The summed E-state index contributed by atoms with van der Waals surface area (Å²) in [6, 6.07) is 0. The van der Waals surface area contributed by atoms with Crippen LogP contribution in [0.4, 0.5) is 5.82 Å². The fraction of sp³-hybridized carbons (Fsp3) is 0.222. The van der Waals surface area contributed by atoms with E-state index in [2.05, 4.69) is 30.2 Å². The highest BCUT2D eigenvalue weighted by Gasteiger charge is 2.25. The normalized spacial score (nSPS) is 12.1. The smallest absolute Gasteiger partial charge is 0.260 e. The minimum atomic E-state index is -3.73. The van der Waals surface area contributed by atoms with Crippen molar-refractivity contribution in [2.24, 2.45) is 0 Å². The number of hydrogen-bond acceptors (Lipinski definition) is 7. The van der Waals surface area contributed by atoms with E-state index in [4.69, 9.17) is 0 Å². The van der Waals surface area contributed by atoms with Gasteiger partial charge in [0.1, 0.15) is 12.2 Å². The van der Waals surface area contributed by atoms with Crippen molar-refractivity contribution in [2.75, 3.05) is 12.4 Å². The Morgan fingerprint density at radius 1 is 1.50 bits per heavy atom. The Labute approximate surface area is 118 Å². The zero-order valence-electron chi connectivity index (χ0n) is 10.4. The zero-order chi connectivity index (χ0) is 14.2. The summed E-state index contributed by atoms with van der Waals surface area (Å²) in [5, 5.41) is 10.9. The number of nitrogens with one attached hydrogen (secondary N) is 3. The van der Waals surface area contributed by atoms with Crippen LogP contribution in [-0.4, -0.2) is 40.0 Å². The van der Waals surface area contributed by atoms with Crippen LogP contribution in [0.1, 0.15) is 5.82 Å². The highest BCUT2D eigenvalue weighted by atomic mass is 32.2. The SMILES string of the molecule is CNc1nc2sccn2c1S(=O)(=O)NCc1ncn[nH]1. The molecule has 3 N–H and O–H groups in total. The lowest BCUT2D eigenvalue weighted by molar-refractivity contribution is 0.575. The molecule has 11 heteroatoms. The van der Waals surface area contributed by atoms with Gasteiger partial charge in [0.15, 0.2) is 15.8 Å². The number of anilines is 1. The molecule has 3 aromatic rings. The Morgan fingerprint density at radius 2 is 2.35 bits per heavy atom. The van der Waals surface area contributed by atoms with Gasteiger partial charge in [-0.3, -0.25) is 9.50 Å². The van der Waals surface area contributed by atoms with Gasteiger partial charge in [0.25, 0.3) is 10.0 Å². The lowest BCUT2D eigenvalue weighted by Gasteiger charge is -2.06. The van der Waals surface area contributed by atoms with Crippen molar-refractivity contribution in [1.82, 2.24) is 29.3 Å². The maximum atomic E-state index is 12.4. The topological polar surface area (TPSA) is 117 Å². The molecule has 0 amide bonds. The van der Waals surface area contributed by atoms with Gasteiger partial charge in [0.05, 0.1) is 6.54 Å². The summed E-state index contributed by atoms with van der Waals surface area (Å²) in [7, 11) is -2.10. The molecule has 0 unspecified atom stereocenters. The molecule has 0 spiro atoms. The van der Waals surface area contributed by atoms with E-state index in [-0.39, 0.29) is 11.6 Å². The summed E-state index contributed by atoms with van der Waals surface area (Å²) in [6.07, 6.45) is 2.98. The van der Waals surface area contributed by atoms with Crippen molar-refractivity contribution in [2.45, 2.75) is 11.6 Å². The average Bonchev–Trinajstić information content (AvgIpc) is 3.11. The van der Waals surface area contributed by atoms with Gasteiger partial charge in [-0.2, -0.15) is 5.10 Å². The molecule has 0 aromatic carbocycles. The molecule has 3 rings (SSSR count). The second-order valence-corrected chi connectivity index (χ2v) is 6.38. The first-order valence-corrected chi connectivity index (χ1v) is 7.95. The monoisotopic (exact) mass is 313 g/mol. The van der Waals surface area contributed by atoms with E-state index in [1.165, 1.54) is 22.1 Å². The van der Waals surface area contributed by atoms with Gasteiger partial charge in [0, 0.05) is 18.6 Å². The van der Waals surface area contributed by atoms with Crippen LogP contribution < -0.4 is 10.0 Å². The first kappa shape index (κ1) is 13.0. The lowest BCUT2D eigenvalue weighted by atomic mass is 10.6. The summed E-state index contributed by atoms with van der Waals surface area (Å²) < 4.78 is 28.8. The second kappa shape index (κ2) is 4.85. The molecular formula is C9H11N7O2S2. The fourth-order valence-electron chi connectivity index (χ4n) is 1.73. The van der Waals surface area contributed by atoms with Crippen LogP contribution in [0.5, 0.6) is 0 Å². The standard InChI is InChI=1S/C9H11N7O2S2/c1-10-7-8(16-2-3-19-9(16)14-7)20(17,18)13-4-6-11-5-12-15-6/h2-3,5,10,13H,4H2,1H3,(H,11,12,15). The molecule has 0 fully saturated rings. The molecule has 3 heterocycles. The molecule has 0 bridgehead atoms. The number of aromatic amines is 1. The van der Waals surface area contributed by atoms with E-state index in [1.807, 2.05) is 0 Å². The highest BCUT2D eigenvalue weighted by Crippen LogP contribution is 2.25. The van der Waals surface area contributed by atoms with E-state index in [0.29, 0.717) is 16.6 Å². The predicted octanol–water partition coefficient (Wildman–Crippen LogP) is 0.0341. The molecule has 20 heavy (non-hydrogen) atoms. The van der Waals surface area contributed by atoms with Gasteiger partial charge in [-0.05, 0) is 0 Å². The minimum Gasteiger partial charge on any atom is -0.371 e. The number of hydrogen-bond donors (Lipinski definition) is 3. The van der Waals surface area contributed by atoms with Gasteiger partial charge in [-0.25, -0.2) is 23.1 Å². The van der Waals surface area contributed by atoms with Gasteiger partial charge >= 0.3 is 0 Å². The Hall–Kier alpha value is -1.98. The van der Waals surface area contributed by atoms with E-state index in [0.717, 1.165) is 0 Å². The summed E-state index contributed by atoms with van der Waals surface area (Å²) in [5.74, 6) is 0.743. The Balaban J connectivity index is 1.97. The third kappa shape index (κ3) is 2.15. The average molecular weight is 313 g/mol. The molecular weight excluding hydrogens is 302 g/mol. The molecule has 3 aromatic heterocycles. The maximum absolute atomic E-state index is 12.4. The summed E-state index contributed by atoms with van der Waals surface area (Å²) in [6.45, 7) is 0.0306. The van der Waals surface area contributed by atoms with Crippen molar-refractivity contribution in [3.05, 3.63) is 23.7 Å². The molecule has 0 saturated heterocycles. The maximum Gasteiger partial charge on any atom is 0.260 e. The van der Waals surface area contributed by atoms with Crippen molar-refractivity contribution < 1.29 is 8.42 Å². The zero-order valence-corrected chi connectivity index (χ0v) is 12.0. The summed E-state index contributed by atoms with van der Waals surface area (Å²) in [5.41, 5.74) is 0. The van der Waals surface area contributed by atoms with E-state index >= 15 is 0 Å². The van der Waals surface area contributed by atoms with Crippen LogP contribution in [0.15, 0.2) is 22.9 Å². The fourth-order valence-corrected chi connectivity index (χ4v) is 3.78. The number of thiazole rings is 1. The Morgan fingerprint density at radius 3 is 3.05 bits per heavy atom. The molecule has 9 nitrogen and oxygen atoms in total. The molecule has 0 aliphatic rings. The Kier molecular flexibility index (Phi) is 3.16. The number of fused-ring (bicyclic) bond motifs is 1. The largest absolute Gasteiger partial charge is 0.371 e. The second-order valence-electron chi connectivity index (χ2n) is 3.83. The molecule has 0 atom stereocenters.